The van der Waals surface area contributed by atoms with Gasteiger partial charge in [0.15, 0.2) is 0 Å². The standard InChI is InChI=1S/C11H14Br2N2O/c12-11(13)16-10-3-1-9(2-4-10)15-7-5-14-6-8-15/h1-4,11,14H,5-8H2. The van der Waals surface area contributed by atoms with E-state index in [1.165, 1.54) is 5.69 Å². The van der Waals surface area contributed by atoms with Gasteiger partial charge in [0.2, 0.25) is 3.92 Å². The molecule has 0 spiro atoms. The van der Waals surface area contributed by atoms with Crippen LogP contribution < -0.4 is 15.0 Å². The molecule has 1 aromatic rings. The first-order valence-electron chi connectivity index (χ1n) is 5.26. The molecular formula is C11H14Br2N2O. The largest absolute Gasteiger partial charge is 0.469 e. The summed E-state index contributed by atoms with van der Waals surface area (Å²) in [6, 6.07) is 8.19. The summed E-state index contributed by atoms with van der Waals surface area (Å²) in [5, 5.41) is 3.34. The minimum atomic E-state index is -0.134. The van der Waals surface area contributed by atoms with Crippen LogP contribution in [0.5, 0.6) is 5.75 Å². The van der Waals surface area contributed by atoms with E-state index in [9.17, 15) is 0 Å². The quantitative estimate of drug-likeness (QED) is 0.849. The topological polar surface area (TPSA) is 24.5 Å². The summed E-state index contributed by atoms with van der Waals surface area (Å²) in [5.74, 6) is 0.859. The Balaban J connectivity index is 2.00. The Labute approximate surface area is 112 Å². The van der Waals surface area contributed by atoms with Crippen LogP contribution in [0, 0.1) is 0 Å². The number of piperazine rings is 1. The summed E-state index contributed by atoms with van der Waals surface area (Å²) in [4.78, 5) is 2.38. The molecule has 2 rings (SSSR count). The third kappa shape index (κ3) is 3.37. The number of hydrogen-bond donors (Lipinski definition) is 1. The lowest BCUT2D eigenvalue weighted by molar-refractivity contribution is 0.376. The summed E-state index contributed by atoms with van der Waals surface area (Å²) >= 11 is 6.56. The van der Waals surface area contributed by atoms with Crippen molar-refractivity contribution in [2.75, 3.05) is 31.1 Å². The van der Waals surface area contributed by atoms with Gasteiger partial charge >= 0.3 is 0 Å². The number of hydrogen-bond acceptors (Lipinski definition) is 3. The van der Waals surface area contributed by atoms with Crippen molar-refractivity contribution >= 4 is 37.5 Å². The van der Waals surface area contributed by atoms with Crippen LogP contribution in [0.2, 0.25) is 0 Å². The average molecular weight is 350 g/mol. The fourth-order valence-corrected chi connectivity index (χ4v) is 2.19. The summed E-state index contributed by atoms with van der Waals surface area (Å²) in [6.07, 6.45) is 0. The second-order valence-electron chi connectivity index (χ2n) is 3.61. The van der Waals surface area contributed by atoms with Crippen LogP contribution in [0.15, 0.2) is 24.3 Å². The molecule has 1 aromatic carbocycles. The number of halogens is 2. The molecule has 1 aliphatic rings. The molecule has 0 bridgehead atoms. The Hall–Kier alpha value is -0.260. The van der Waals surface area contributed by atoms with Crippen molar-refractivity contribution in [2.45, 2.75) is 3.92 Å². The third-order valence-corrected chi connectivity index (χ3v) is 2.92. The highest BCUT2D eigenvalue weighted by molar-refractivity contribution is 9.24. The minimum Gasteiger partial charge on any atom is -0.469 e. The summed E-state index contributed by atoms with van der Waals surface area (Å²) < 4.78 is 5.32. The van der Waals surface area contributed by atoms with Gasteiger partial charge in [-0.25, -0.2) is 0 Å². The van der Waals surface area contributed by atoms with Crippen LogP contribution in [0.3, 0.4) is 0 Å². The van der Waals surface area contributed by atoms with E-state index in [0.717, 1.165) is 31.9 Å². The molecule has 0 saturated carbocycles. The van der Waals surface area contributed by atoms with Crippen LogP contribution in [-0.2, 0) is 0 Å². The van der Waals surface area contributed by atoms with E-state index in [4.69, 9.17) is 4.74 Å². The first-order chi connectivity index (χ1) is 7.75. The van der Waals surface area contributed by atoms with Gasteiger partial charge in [0, 0.05) is 31.9 Å². The highest BCUT2D eigenvalue weighted by Crippen LogP contribution is 2.22. The van der Waals surface area contributed by atoms with Crippen LogP contribution in [0.25, 0.3) is 0 Å². The lowest BCUT2D eigenvalue weighted by atomic mass is 10.2. The van der Waals surface area contributed by atoms with E-state index in [1.54, 1.807) is 0 Å². The molecular weight excluding hydrogens is 336 g/mol. The SMILES string of the molecule is BrC(Br)Oc1ccc(N2CCNCC2)cc1. The van der Waals surface area contributed by atoms with Crippen molar-refractivity contribution in [2.24, 2.45) is 0 Å². The molecule has 1 fully saturated rings. The predicted molar refractivity (Wildman–Crippen MR) is 73.8 cm³/mol. The van der Waals surface area contributed by atoms with E-state index >= 15 is 0 Å². The normalized spacial score (nSPS) is 16.6. The van der Waals surface area contributed by atoms with Gasteiger partial charge in [-0.3, -0.25) is 0 Å². The van der Waals surface area contributed by atoms with Gasteiger partial charge in [-0.1, -0.05) is 0 Å². The van der Waals surface area contributed by atoms with E-state index in [-0.39, 0.29) is 3.92 Å². The monoisotopic (exact) mass is 348 g/mol. The average Bonchev–Trinajstić information content (AvgIpc) is 2.30. The molecule has 5 heteroatoms. The maximum atomic E-state index is 5.46. The second-order valence-corrected chi connectivity index (χ2v) is 6.50. The Kier molecular flexibility index (Phi) is 4.49. The van der Waals surface area contributed by atoms with Gasteiger partial charge in [-0.05, 0) is 56.1 Å². The number of ether oxygens (including phenoxy) is 1. The number of anilines is 1. The van der Waals surface area contributed by atoms with Crippen LogP contribution in [-0.4, -0.2) is 30.1 Å². The van der Waals surface area contributed by atoms with E-state index in [1.807, 2.05) is 12.1 Å². The zero-order chi connectivity index (χ0) is 11.4. The number of rotatable bonds is 3. The molecule has 16 heavy (non-hydrogen) atoms. The molecule has 0 amide bonds. The Morgan fingerprint density at radius 1 is 1.12 bits per heavy atom. The minimum absolute atomic E-state index is 0.134. The molecule has 0 radical (unpaired) electrons. The van der Waals surface area contributed by atoms with Crippen molar-refractivity contribution in [3.05, 3.63) is 24.3 Å². The molecule has 1 N–H and O–H groups in total. The van der Waals surface area contributed by atoms with Gasteiger partial charge in [0.05, 0.1) is 0 Å². The van der Waals surface area contributed by atoms with Crippen LogP contribution >= 0.6 is 31.9 Å². The van der Waals surface area contributed by atoms with Crippen molar-refractivity contribution in [3.63, 3.8) is 0 Å². The smallest absolute Gasteiger partial charge is 0.207 e. The molecule has 1 aliphatic heterocycles. The predicted octanol–water partition coefficient (Wildman–Crippen LogP) is 2.55. The summed E-state index contributed by atoms with van der Waals surface area (Å²) in [7, 11) is 0. The number of benzene rings is 1. The first-order valence-corrected chi connectivity index (χ1v) is 7.09. The molecule has 0 atom stereocenters. The molecule has 3 nitrogen and oxygen atoms in total. The van der Waals surface area contributed by atoms with Gasteiger partial charge < -0.3 is 15.0 Å². The fraction of sp³-hybridized carbons (Fsp3) is 0.455. The van der Waals surface area contributed by atoms with Crippen molar-refractivity contribution in [1.82, 2.24) is 5.32 Å². The van der Waals surface area contributed by atoms with Crippen molar-refractivity contribution in [1.29, 1.82) is 0 Å². The molecule has 1 heterocycles. The zero-order valence-electron chi connectivity index (χ0n) is 8.83. The fourth-order valence-electron chi connectivity index (χ4n) is 1.76. The van der Waals surface area contributed by atoms with E-state index in [2.05, 4.69) is 54.2 Å². The van der Waals surface area contributed by atoms with Gasteiger partial charge in [-0.2, -0.15) is 0 Å². The van der Waals surface area contributed by atoms with Crippen molar-refractivity contribution in [3.8, 4) is 5.75 Å². The summed E-state index contributed by atoms with van der Waals surface area (Å²) in [6.45, 7) is 4.26. The van der Waals surface area contributed by atoms with Gasteiger partial charge in [0.1, 0.15) is 5.75 Å². The van der Waals surface area contributed by atoms with Crippen LogP contribution in [0.4, 0.5) is 5.69 Å². The van der Waals surface area contributed by atoms with Gasteiger partial charge in [0.25, 0.3) is 0 Å². The molecule has 1 saturated heterocycles. The maximum Gasteiger partial charge on any atom is 0.207 e. The highest BCUT2D eigenvalue weighted by Gasteiger charge is 2.10. The molecule has 0 aliphatic carbocycles. The Morgan fingerprint density at radius 3 is 2.31 bits per heavy atom. The van der Waals surface area contributed by atoms with Crippen molar-refractivity contribution < 1.29 is 4.74 Å². The lowest BCUT2D eigenvalue weighted by Gasteiger charge is -2.29. The highest BCUT2D eigenvalue weighted by atomic mass is 79.9. The third-order valence-electron chi connectivity index (χ3n) is 2.54. The van der Waals surface area contributed by atoms with E-state index in [0.29, 0.717) is 0 Å². The first kappa shape index (κ1) is 12.2. The maximum absolute atomic E-state index is 5.46. The second kappa shape index (κ2) is 5.89. The molecule has 0 aromatic heterocycles. The zero-order valence-corrected chi connectivity index (χ0v) is 12.0. The van der Waals surface area contributed by atoms with Crippen LogP contribution in [0.1, 0.15) is 0 Å². The van der Waals surface area contributed by atoms with Gasteiger partial charge in [-0.15, -0.1) is 0 Å². The van der Waals surface area contributed by atoms with E-state index < -0.39 is 0 Å². The molecule has 0 unspecified atom stereocenters. The Morgan fingerprint density at radius 2 is 1.75 bits per heavy atom. The Bertz CT molecular complexity index is 323. The molecule has 88 valence electrons. The number of alkyl halides is 2. The number of nitrogens with zero attached hydrogens (tertiary/aromatic N) is 1. The lowest BCUT2D eigenvalue weighted by Crippen LogP contribution is -2.43. The number of nitrogens with one attached hydrogen (secondary N) is 1. The summed E-state index contributed by atoms with van der Waals surface area (Å²) in [5.41, 5.74) is 1.26.